The molecule has 0 saturated carbocycles. The van der Waals surface area contributed by atoms with Gasteiger partial charge in [-0.05, 0) is 13.0 Å². The van der Waals surface area contributed by atoms with Crippen molar-refractivity contribution in [1.29, 1.82) is 0 Å². The zero-order valence-corrected chi connectivity index (χ0v) is 10.00. The van der Waals surface area contributed by atoms with E-state index in [0.29, 0.717) is 30.9 Å². The van der Waals surface area contributed by atoms with Crippen LogP contribution in [0.1, 0.15) is 5.69 Å². The number of ether oxygens (including phenoxy) is 2. The first-order valence-corrected chi connectivity index (χ1v) is 5.80. The van der Waals surface area contributed by atoms with Crippen molar-refractivity contribution in [1.82, 2.24) is 14.5 Å². The normalized spacial score (nSPS) is 16.5. The summed E-state index contributed by atoms with van der Waals surface area (Å²) in [6.45, 7) is 3.31. The van der Waals surface area contributed by atoms with E-state index in [4.69, 9.17) is 9.47 Å². The lowest BCUT2D eigenvalue weighted by atomic mass is 10.3. The van der Waals surface area contributed by atoms with Crippen molar-refractivity contribution in [2.45, 2.75) is 19.8 Å². The molecule has 1 aliphatic rings. The molecule has 0 aromatic carbocycles. The van der Waals surface area contributed by atoms with Crippen LogP contribution < -0.4 is 5.56 Å². The van der Waals surface area contributed by atoms with E-state index in [2.05, 4.69) is 9.97 Å². The summed E-state index contributed by atoms with van der Waals surface area (Å²) in [7, 11) is 0. The van der Waals surface area contributed by atoms with Crippen molar-refractivity contribution in [3.63, 3.8) is 0 Å². The summed E-state index contributed by atoms with van der Waals surface area (Å²) in [5.41, 5.74) is 1.91. The third kappa shape index (κ3) is 2.00. The predicted molar refractivity (Wildman–Crippen MR) is 64.2 cm³/mol. The molecule has 6 nitrogen and oxygen atoms in total. The van der Waals surface area contributed by atoms with Gasteiger partial charge in [0.1, 0.15) is 5.52 Å². The van der Waals surface area contributed by atoms with Gasteiger partial charge >= 0.3 is 0 Å². The van der Waals surface area contributed by atoms with Crippen molar-refractivity contribution in [3.8, 4) is 0 Å². The van der Waals surface area contributed by atoms with Crippen molar-refractivity contribution in [3.05, 3.63) is 34.4 Å². The molecule has 6 heteroatoms. The molecule has 2 aromatic heterocycles. The van der Waals surface area contributed by atoms with Crippen LogP contribution in [0.5, 0.6) is 0 Å². The van der Waals surface area contributed by atoms with Crippen LogP contribution >= 0.6 is 0 Å². The van der Waals surface area contributed by atoms with Gasteiger partial charge in [0.15, 0.2) is 11.9 Å². The number of aryl methyl sites for hydroxylation is 1. The van der Waals surface area contributed by atoms with Crippen LogP contribution in [0.25, 0.3) is 11.2 Å². The Labute approximate surface area is 103 Å². The summed E-state index contributed by atoms with van der Waals surface area (Å²) >= 11 is 0. The maximum Gasteiger partial charge on any atom is 0.252 e. The van der Waals surface area contributed by atoms with Crippen LogP contribution in [0, 0.1) is 6.92 Å². The third-order valence-corrected chi connectivity index (χ3v) is 2.83. The molecule has 0 spiro atoms. The molecule has 94 valence electrons. The molecule has 0 bridgehead atoms. The van der Waals surface area contributed by atoms with Crippen LogP contribution in [-0.2, 0) is 16.0 Å². The maximum absolute atomic E-state index is 11.9. The van der Waals surface area contributed by atoms with Gasteiger partial charge in [-0.1, -0.05) is 0 Å². The second-order valence-corrected chi connectivity index (χ2v) is 4.17. The Morgan fingerprint density at radius 3 is 2.94 bits per heavy atom. The van der Waals surface area contributed by atoms with E-state index in [9.17, 15) is 4.79 Å². The summed E-state index contributed by atoms with van der Waals surface area (Å²) in [5, 5.41) is 0. The highest BCUT2D eigenvalue weighted by atomic mass is 16.7. The van der Waals surface area contributed by atoms with Gasteiger partial charge in [0.25, 0.3) is 5.56 Å². The first-order valence-electron chi connectivity index (χ1n) is 5.80. The average Bonchev–Trinajstić information content (AvgIpc) is 2.86. The molecule has 18 heavy (non-hydrogen) atoms. The van der Waals surface area contributed by atoms with E-state index in [1.54, 1.807) is 16.8 Å². The van der Waals surface area contributed by atoms with Crippen LogP contribution in [0.15, 0.2) is 23.1 Å². The fraction of sp³-hybridized carbons (Fsp3) is 0.417. The van der Waals surface area contributed by atoms with Crippen molar-refractivity contribution >= 4 is 11.2 Å². The molecule has 0 aliphatic carbocycles. The van der Waals surface area contributed by atoms with Gasteiger partial charge in [0.05, 0.1) is 25.5 Å². The van der Waals surface area contributed by atoms with E-state index in [0.717, 1.165) is 5.69 Å². The Morgan fingerprint density at radius 2 is 2.17 bits per heavy atom. The minimum Gasteiger partial charge on any atom is -0.348 e. The molecule has 0 atom stereocenters. The van der Waals surface area contributed by atoms with Crippen molar-refractivity contribution in [2.75, 3.05) is 13.2 Å². The van der Waals surface area contributed by atoms with Crippen LogP contribution in [0.2, 0.25) is 0 Å². The highest BCUT2D eigenvalue weighted by molar-refractivity contribution is 5.69. The Balaban J connectivity index is 2.10. The van der Waals surface area contributed by atoms with Gasteiger partial charge in [-0.2, -0.15) is 0 Å². The van der Waals surface area contributed by atoms with E-state index in [1.165, 1.54) is 6.07 Å². The molecule has 0 N–H and O–H groups in total. The summed E-state index contributed by atoms with van der Waals surface area (Å²) in [5.74, 6) is 0. The maximum atomic E-state index is 11.9. The molecular formula is C12H13N3O3. The number of pyridine rings is 1. The Hall–Kier alpha value is -1.79. The number of fused-ring (bicyclic) bond motifs is 1. The molecule has 2 aromatic rings. The first-order chi connectivity index (χ1) is 8.74. The number of aromatic nitrogens is 3. The topological polar surface area (TPSA) is 66.2 Å². The molecule has 3 heterocycles. The average molecular weight is 247 g/mol. The smallest absolute Gasteiger partial charge is 0.252 e. The molecule has 0 amide bonds. The molecule has 3 rings (SSSR count). The molecular weight excluding hydrogens is 234 g/mol. The fourth-order valence-corrected chi connectivity index (χ4v) is 1.97. The summed E-state index contributed by atoms with van der Waals surface area (Å²) < 4.78 is 12.3. The zero-order chi connectivity index (χ0) is 12.5. The summed E-state index contributed by atoms with van der Waals surface area (Å²) in [6, 6.07) is 3.16. The molecule has 1 aliphatic heterocycles. The first kappa shape index (κ1) is 11.3. The van der Waals surface area contributed by atoms with Crippen LogP contribution in [0.4, 0.5) is 0 Å². The molecule has 0 radical (unpaired) electrons. The van der Waals surface area contributed by atoms with E-state index in [-0.39, 0.29) is 11.8 Å². The second-order valence-electron chi connectivity index (χ2n) is 4.17. The van der Waals surface area contributed by atoms with E-state index >= 15 is 0 Å². The van der Waals surface area contributed by atoms with Crippen LogP contribution in [0.3, 0.4) is 0 Å². The van der Waals surface area contributed by atoms with E-state index < -0.39 is 0 Å². The van der Waals surface area contributed by atoms with Gasteiger partial charge in [-0.3, -0.25) is 14.3 Å². The highest BCUT2D eigenvalue weighted by Crippen LogP contribution is 2.11. The number of rotatable bonds is 2. The molecule has 0 unspecified atom stereocenters. The monoisotopic (exact) mass is 247 g/mol. The zero-order valence-electron chi connectivity index (χ0n) is 10.00. The van der Waals surface area contributed by atoms with Gasteiger partial charge in [0, 0.05) is 12.3 Å². The Bertz CT molecular complexity index is 632. The minimum atomic E-state index is -0.379. The van der Waals surface area contributed by atoms with Crippen molar-refractivity contribution < 1.29 is 9.47 Å². The van der Waals surface area contributed by atoms with Gasteiger partial charge in [-0.25, -0.2) is 4.98 Å². The standard InChI is InChI=1S/C12H13N3O3/c1-8-6-13-9-2-3-10(16)15(12(9)14-8)7-11-17-4-5-18-11/h2-3,6,11H,4-5,7H2,1H3. The van der Waals surface area contributed by atoms with Crippen LogP contribution in [-0.4, -0.2) is 34.0 Å². The lowest BCUT2D eigenvalue weighted by Gasteiger charge is -2.13. The predicted octanol–water partition coefficient (Wildman–Crippen LogP) is 0.473. The second kappa shape index (κ2) is 4.47. The lowest BCUT2D eigenvalue weighted by Crippen LogP contribution is -2.27. The van der Waals surface area contributed by atoms with Crippen molar-refractivity contribution in [2.24, 2.45) is 0 Å². The van der Waals surface area contributed by atoms with Gasteiger partial charge in [-0.15, -0.1) is 0 Å². The van der Waals surface area contributed by atoms with Gasteiger partial charge < -0.3 is 9.47 Å². The summed E-state index contributed by atoms with van der Waals surface area (Å²) in [6.07, 6.45) is 1.30. The fourth-order valence-electron chi connectivity index (χ4n) is 1.97. The number of hydrogen-bond donors (Lipinski definition) is 0. The molecule has 1 fully saturated rings. The largest absolute Gasteiger partial charge is 0.348 e. The highest BCUT2D eigenvalue weighted by Gasteiger charge is 2.18. The number of hydrogen-bond acceptors (Lipinski definition) is 5. The van der Waals surface area contributed by atoms with E-state index in [1.807, 2.05) is 6.92 Å². The SMILES string of the molecule is Cc1cnc2ccc(=O)n(CC3OCCO3)c2n1. The number of nitrogens with zero attached hydrogens (tertiary/aromatic N) is 3. The third-order valence-electron chi connectivity index (χ3n) is 2.83. The Morgan fingerprint density at radius 1 is 1.39 bits per heavy atom. The minimum absolute atomic E-state index is 0.124. The Kier molecular flexibility index (Phi) is 2.81. The van der Waals surface area contributed by atoms with Gasteiger partial charge in [0.2, 0.25) is 0 Å². The quantitative estimate of drug-likeness (QED) is 0.772. The summed E-state index contributed by atoms with van der Waals surface area (Å²) in [4.78, 5) is 20.5. The lowest BCUT2D eigenvalue weighted by molar-refractivity contribution is -0.0523. The molecule has 1 saturated heterocycles.